The molecule has 94 valence electrons. The van der Waals surface area contributed by atoms with Crippen LogP contribution in [0.2, 0.25) is 0 Å². The van der Waals surface area contributed by atoms with Gasteiger partial charge in [0.1, 0.15) is 11.5 Å². The first-order valence-corrected chi connectivity index (χ1v) is 5.71. The highest BCUT2D eigenvalue weighted by molar-refractivity contribution is 5.47. The van der Waals surface area contributed by atoms with Crippen molar-refractivity contribution in [2.75, 3.05) is 13.2 Å². The molecule has 3 heterocycles. The molecule has 2 aromatic rings. The normalized spacial score (nSPS) is 23.4. The molecule has 7 nitrogen and oxygen atoms in total. The number of aryl methyl sites for hydroxylation is 1. The molecule has 0 radical (unpaired) electrons. The average Bonchev–Trinajstić information content (AvgIpc) is 2.97. The lowest BCUT2D eigenvalue weighted by Gasteiger charge is -2.06. The number of aromatic nitrogens is 4. The Morgan fingerprint density at radius 3 is 2.94 bits per heavy atom. The van der Waals surface area contributed by atoms with Gasteiger partial charge in [0.15, 0.2) is 0 Å². The van der Waals surface area contributed by atoms with Crippen molar-refractivity contribution >= 4 is 0 Å². The van der Waals surface area contributed by atoms with E-state index in [1.165, 1.54) is 0 Å². The van der Waals surface area contributed by atoms with E-state index in [9.17, 15) is 0 Å². The fourth-order valence-corrected chi connectivity index (χ4v) is 1.90. The molecule has 2 unspecified atom stereocenters. The first-order chi connectivity index (χ1) is 8.74. The summed E-state index contributed by atoms with van der Waals surface area (Å²) in [5, 5.41) is 3.92. The van der Waals surface area contributed by atoms with Crippen LogP contribution in [0.5, 0.6) is 0 Å². The standard InChI is InChI=1S/C11H13N5O2/c1-6-13-3-2-9(14-6)10-15-11(18-16-10)7-4-17-5-8(7)12/h2-3,7-8H,4-5,12H2,1H3. The van der Waals surface area contributed by atoms with E-state index in [1.54, 1.807) is 12.3 Å². The largest absolute Gasteiger partial charge is 0.379 e. The van der Waals surface area contributed by atoms with Crippen LogP contribution in [0.3, 0.4) is 0 Å². The maximum atomic E-state index is 5.90. The molecule has 1 saturated heterocycles. The molecule has 0 aliphatic carbocycles. The molecule has 0 aromatic carbocycles. The lowest BCUT2D eigenvalue weighted by Crippen LogP contribution is -2.27. The Kier molecular flexibility index (Phi) is 2.77. The van der Waals surface area contributed by atoms with Crippen LogP contribution in [0.15, 0.2) is 16.8 Å². The van der Waals surface area contributed by atoms with Crippen LogP contribution in [-0.2, 0) is 4.74 Å². The highest BCUT2D eigenvalue weighted by Crippen LogP contribution is 2.24. The number of rotatable bonds is 2. The predicted molar refractivity (Wildman–Crippen MR) is 61.6 cm³/mol. The second-order valence-electron chi connectivity index (χ2n) is 4.25. The molecule has 7 heteroatoms. The summed E-state index contributed by atoms with van der Waals surface area (Å²) >= 11 is 0. The molecule has 1 aliphatic heterocycles. The van der Waals surface area contributed by atoms with Gasteiger partial charge in [0, 0.05) is 12.2 Å². The zero-order chi connectivity index (χ0) is 12.5. The summed E-state index contributed by atoms with van der Waals surface area (Å²) in [5.74, 6) is 1.59. The Balaban J connectivity index is 1.89. The van der Waals surface area contributed by atoms with Gasteiger partial charge in [0.25, 0.3) is 0 Å². The fraction of sp³-hybridized carbons (Fsp3) is 0.455. The molecule has 0 spiro atoms. The molecule has 0 bridgehead atoms. The predicted octanol–water partition coefficient (Wildman–Crippen LogP) is 0.276. The first kappa shape index (κ1) is 11.2. The van der Waals surface area contributed by atoms with E-state index in [0.29, 0.717) is 36.4 Å². The minimum absolute atomic E-state index is 0.0332. The molecule has 1 aliphatic rings. The lowest BCUT2D eigenvalue weighted by atomic mass is 10.1. The molecule has 2 aromatic heterocycles. The Morgan fingerprint density at radius 1 is 1.33 bits per heavy atom. The van der Waals surface area contributed by atoms with Gasteiger partial charge in [0.2, 0.25) is 11.7 Å². The van der Waals surface area contributed by atoms with E-state index in [-0.39, 0.29) is 12.0 Å². The van der Waals surface area contributed by atoms with E-state index in [4.69, 9.17) is 15.0 Å². The van der Waals surface area contributed by atoms with Crippen molar-refractivity contribution in [3.63, 3.8) is 0 Å². The van der Waals surface area contributed by atoms with Crippen molar-refractivity contribution in [1.29, 1.82) is 0 Å². The molecule has 1 fully saturated rings. The van der Waals surface area contributed by atoms with Gasteiger partial charge in [-0.2, -0.15) is 4.98 Å². The first-order valence-electron chi connectivity index (χ1n) is 5.71. The van der Waals surface area contributed by atoms with Gasteiger partial charge in [0.05, 0.1) is 19.1 Å². The van der Waals surface area contributed by atoms with Gasteiger partial charge < -0.3 is 15.0 Å². The maximum Gasteiger partial charge on any atom is 0.234 e. The molecule has 0 saturated carbocycles. The molecular formula is C11H13N5O2. The third-order valence-corrected chi connectivity index (χ3v) is 2.89. The van der Waals surface area contributed by atoms with Crippen molar-refractivity contribution in [3.05, 3.63) is 24.0 Å². The zero-order valence-corrected chi connectivity index (χ0v) is 9.91. The minimum atomic E-state index is -0.0922. The van der Waals surface area contributed by atoms with Gasteiger partial charge in [-0.15, -0.1) is 0 Å². The highest BCUT2D eigenvalue weighted by atomic mass is 16.5. The van der Waals surface area contributed by atoms with Crippen molar-refractivity contribution in [1.82, 2.24) is 20.1 Å². The minimum Gasteiger partial charge on any atom is -0.379 e. The van der Waals surface area contributed by atoms with Crippen LogP contribution in [-0.4, -0.2) is 39.4 Å². The number of ether oxygens (including phenoxy) is 1. The second-order valence-corrected chi connectivity index (χ2v) is 4.25. The topological polar surface area (TPSA) is 100.0 Å². The summed E-state index contributed by atoms with van der Waals surface area (Å²) in [4.78, 5) is 12.6. The SMILES string of the molecule is Cc1nccc(-c2noc(C3COCC3N)n2)n1. The quantitative estimate of drug-likeness (QED) is 0.813. The summed E-state index contributed by atoms with van der Waals surface area (Å²) in [6, 6.07) is 1.65. The Hall–Kier alpha value is -1.86. The molecule has 2 atom stereocenters. The lowest BCUT2D eigenvalue weighted by molar-refractivity contribution is 0.187. The average molecular weight is 247 g/mol. The molecule has 0 amide bonds. The smallest absolute Gasteiger partial charge is 0.234 e. The highest BCUT2D eigenvalue weighted by Gasteiger charge is 2.31. The Bertz CT molecular complexity index is 556. The summed E-state index contributed by atoms with van der Waals surface area (Å²) in [6.45, 7) is 2.85. The number of nitrogens with zero attached hydrogens (tertiary/aromatic N) is 4. The van der Waals surface area contributed by atoms with Crippen LogP contribution in [0.25, 0.3) is 11.5 Å². The summed E-state index contributed by atoms with van der Waals surface area (Å²) in [6.07, 6.45) is 1.66. The van der Waals surface area contributed by atoms with Gasteiger partial charge in [-0.05, 0) is 13.0 Å². The van der Waals surface area contributed by atoms with Crippen LogP contribution >= 0.6 is 0 Å². The van der Waals surface area contributed by atoms with Crippen molar-refractivity contribution in [3.8, 4) is 11.5 Å². The van der Waals surface area contributed by atoms with Gasteiger partial charge in [-0.1, -0.05) is 5.16 Å². The Morgan fingerprint density at radius 2 is 2.22 bits per heavy atom. The number of hydrogen-bond acceptors (Lipinski definition) is 7. The number of hydrogen-bond donors (Lipinski definition) is 1. The molecule has 18 heavy (non-hydrogen) atoms. The van der Waals surface area contributed by atoms with E-state index in [1.807, 2.05) is 6.92 Å². The zero-order valence-electron chi connectivity index (χ0n) is 9.91. The maximum absolute atomic E-state index is 5.90. The van der Waals surface area contributed by atoms with E-state index >= 15 is 0 Å². The summed E-state index contributed by atoms with van der Waals surface area (Å²) in [5.41, 5.74) is 6.55. The van der Waals surface area contributed by atoms with Crippen LogP contribution in [0, 0.1) is 6.92 Å². The number of nitrogens with two attached hydrogens (primary N) is 1. The summed E-state index contributed by atoms with van der Waals surface area (Å²) in [7, 11) is 0. The second kappa shape index (κ2) is 4.43. The third kappa shape index (κ3) is 1.98. The van der Waals surface area contributed by atoms with Crippen molar-refractivity contribution in [2.24, 2.45) is 5.73 Å². The van der Waals surface area contributed by atoms with Crippen LogP contribution in [0.4, 0.5) is 0 Å². The van der Waals surface area contributed by atoms with E-state index < -0.39 is 0 Å². The van der Waals surface area contributed by atoms with E-state index in [2.05, 4.69) is 20.1 Å². The van der Waals surface area contributed by atoms with Crippen molar-refractivity contribution < 1.29 is 9.26 Å². The van der Waals surface area contributed by atoms with Gasteiger partial charge in [-0.25, -0.2) is 9.97 Å². The van der Waals surface area contributed by atoms with Gasteiger partial charge >= 0.3 is 0 Å². The van der Waals surface area contributed by atoms with Gasteiger partial charge in [-0.3, -0.25) is 0 Å². The van der Waals surface area contributed by atoms with E-state index in [0.717, 1.165) is 0 Å². The summed E-state index contributed by atoms with van der Waals surface area (Å²) < 4.78 is 10.5. The fourth-order valence-electron chi connectivity index (χ4n) is 1.90. The monoisotopic (exact) mass is 247 g/mol. The van der Waals surface area contributed by atoms with Crippen molar-refractivity contribution in [2.45, 2.75) is 18.9 Å². The third-order valence-electron chi connectivity index (χ3n) is 2.89. The van der Waals surface area contributed by atoms with Crippen LogP contribution < -0.4 is 5.73 Å². The Labute approximate surface area is 103 Å². The molecule has 2 N–H and O–H groups in total. The van der Waals surface area contributed by atoms with Crippen LogP contribution in [0.1, 0.15) is 17.6 Å². The molecule has 3 rings (SSSR count). The molecular weight excluding hydrogens is 234 g/mol.